The highest BCUT2D eigenvalue weighted by Gasteiger charge is 2.14. The number of aromatic nitrogens is 2. The molecule has 1 heterocycles. The molecule has 7 heteroatoms. The van der Waals surface area contributed by atoms with Crippen LogP contribution in [0.3, 0.4) is 0 Å². The molecular formula is C24H22N4O3. The van der Waals surface area contributed by atoms with Crippen molar-refractivity contribution in [3.05, 3.63) is 94.9 Å². The van der Waals surface area contributed by atoms with Gasteiger partial charge in [-0.05, 0) is 48.4 Å². The van der Waals surface area contributed by atoms with Gasteiger partial charge in [-0.1, -0.05) is 42.5 Å². The third-order valence-electron chi connectivity index (χ3n) is 4.92. The Bertz CT molecular complexity index is 1250. The first-order valence-electron chi connectivity index (χ1n) is 9.89. The average molecular weight is 414 g/mol. The predicted octanol–water partition coefficient (Wildman–Crippen LogP) is 4.29. The van der Waals surface area contributed by atoms with E-state index < -0.39 is 11.7 Å². The van der Waals surface area contributed by atoms with Gasteiger partial charge in [-0.25, -0.2) is 9.59 Å². The molecule has 0 aliphatic rings. The number of methoxy groups -OCH3 is 1. The number of benzene rings is 3. The lowest BCUT2D eigenvalue weighted by atomic mass is 10.1. The maximum absolute atomic E-state index is 12.8. The standard InChI is InChI=1S/C24H22N4O3/c1-31-19-13-11-17(12-14-19)15-16-28-22(20-9-5-6-10-21(20)26-24(28)30)27-23(29)25-18-7-3-2-4-8-18/h2-14H,15-16H2,1H3,(H2,25,27,29). The molecule has 0 unspecified atom stereocenters. The van der Waals surface area contributed by atoms with E-state index in [2.05, 4.69) is 15.6 Å². The second-order valence-electron chi connectivity index (χ2n) is 6.95. The molecule has 1 aromatic heterocycles. The number of hydrogen-bond donors (Lipinski definition) is 2. The van der Waals surface area contributed by atoms with Crippen molar-refractivity contribution in [3.8, 4) is 5.75 Å². The normalized spacial score (nSPS) is 10.6. The number of rotatable bonds is 6. The quantitative estimate of drug-likeness (QED) is 0.493. The van der Waals surface area contributed by atoms with E-state index in [1.54, 1.807) is 25.3 Å². The number of aryl methyl sites for hydroxylation is 1. The fourth-order valence-corrected chi connectivity index (χ4v) is 3.34. The fraction of sp³-hybridized carbons (Fsp3) is 0.125. The number of carbonyl (C=O) groups excluding carboxylic acids is 1. The largest absolute Gasteiger partial charge is 0.497 e. The predicted molar refractivity (Wildman–Crippen MR) is 122 cm³/mol. The summed E-state index contributed by atoms with van der Waals surface area (Å²) < 4.78 is 6.69. The van der Waals surface area contributed by atoms with Crippen molar-refractivity contribution in [2.75, 3.05) is 17.7 Å². The van der Waals surface area contributed by atoms with Crippen LogP contribution in [0.4, 0.5) is 16.3 Å². The van der Waals surface area contributed by atoms with Gasteiger partial charge in [0.15, 0.2) is 0 Å². The molecule has 0 saturated heterocycles. The van der Waals surface area contributed by atoms with Gasteiger partial charge in [0.2, 0.25) is 0 Å². The first-order chi connectivity index (χ1) is 15.1. The van der Waals surface area contributed by atoms with Crippen molar-refractivity contribution in [1.82, 2.24) is 9.55 Å². The van der Waals surface area contributed by atoms with E-state index in [-0.39, 0.29) is 0 Å². The Labute approximate surface area is 179 Å². The van der Waals surface area contributed by atoms with E-state index in [9.17, 15) is 9.59 Å². The Morgan fingerprint density at radius 3 is 2.39 bits per heavy atom. The number of anilines is 2. The zero-order valence-corrected chi connectivity index (χ0v) is 17.0. The highest BCUT2D eigenvalue weighted by atomic mass is 16.5. The molecule has 0 aliphatic carbocycles. The number of para-hydroxylation sites is 2. The minimum Gasteiger partial charge on any atom is -0.497 e. The van der Waals surface area contributed by atoms with E-state index in [1.807, 2.05) is 60.7 Å². The molecular weight excluding hydrogens is 392 g/mol. The Morgan fingerprint density at radius 2 is 1.65 bits per heavy atom. The number of fused-ring (bicyclic) bond motifs is 1. The summed E-state index contributed by atoms with van der Waals surface area (Å²) in [5.41, 5.74) is 1.82. The molecule has 4 aromatic rings. The lowest BCUT2D eigenvalue weighted by molar-refractivity contribution is 0.262. The zero-order valence-electron chi connectivity index (χ0n) is 17.0. The summed E-state index contributed by atoms with van der Waals surface area (Å²) >= 11 is 0. The first-order valence-corrected chi connectivity index (χ1v) is 9.89. The van der Waals surface area contributed by atoms with Crippen LogP contribution in [0.5, 0.6) is 5.75 Å². The second kappa shape index (κ2) is 9.13. The van der Waals surface area contributed by atoms with Crippen LogP contribution in [0.15, 0.2) is 83.7 Å². The summed E-state index contributed by atoms with van der Waals surface area (Å²) in [5.74, 6) is 1.19. The number of nitrogens with zero attached hydrogens (tertiary/aromatic N) is 2. The number of ether oxygens (including phenoxy) is 1. The Hall–Kier alpha value is -4.13. The molecule has 0 spiro atoms. The Kier molecular flexibility index (Phi) is 5.93. The third-order valence-corrected chi connectivity index (χ3v) is 4.92. The van der Waals surface area contributed by atoms with E-state index in [0.717, 1.165) is 11.3 Å². The van der Waals surface area contributed by atoms with Crippen LogP contribution in [0.2, 0.25) is 0 Å². The van der Waals surface area contributed by atoms with Crippen molar-refractivity contribution in [1.29, 1.82) is 0 Å². The zero-order chi connectivity index (χ0) is 21.6. The summed E-state index contributed by atoms with van der Waals surface area (Å²) in [6.45, 7) is 0.365. The van der Waals surface area contributed by atoms with Gasteiger partial charge in [-0.3, -0.25) is 9.88 Å². The van der Waals surface area contributed by atoms with Crippen LogP contribution in [0.1, 0.15) is 5.56 Å². The molecule has 4 rings (SSSR count). The van der Waals surface area contributed by atoms with Crippen LogP contribution < -0.4 is 21.1 Å². The number of nitrogens with one attached hydrogen (secondary N) is 2. The van der Waals surface area contributed by atoms with Crippen LogP contribution in [-0.2, 0) is 13.0 Å². The first kappa shape index (κ1) is 20.2. The van der Waals surface area contributed by atoms with Crippen molar-refractivity contribution < 1.29 is 9.53 Å². The number of carbonyl (C=O) groups is 1. The summed E-state index contributed by atoms with van der Waals surface area (Å²) in [6, 6.07) is 23.6. The summed E-state index contributed by atoms with van der Waals surface area (Å²) in [6.07, 6.45) is 0.596. The number of urea groups is 1. The SMILES string of the molecule is COc1ccc(CCn2c(NC(=O)Nc3ccccc3)c3ccccc3nc2=O)cc1. The van der Waals surface area contributed by atoms with Gasteiger partial charge in [0.25, 0.3) is 0 Å². The average Bonchev–Trinajstić information content (AvgIpc) is 2.79. The van der Waals surface area contributed by atoms with Crippen LogP contribution in [-0.4, -0.2) is 22.7 Å². The molecule has 0 fully saturated rings. The molecule has 156 valence electrons. The summed E-state index contributed by atoms with van der Waals surface area (Å²) in [7, 11) is 1.62. The maximum atomic E-state index is 12.8. The van der Waals surface area contributed by atoms with E-state index in [4.69, 9.17) is 4.74 Å². The van der Waals surface area contributed by atoms with Crippen molar-refractivity contribution >= 4 is 28.4 Å². The van der Waals surface area contributed by atoms with Crippen molar-refractivity contribution in [3.63, 3.8) is 0 Å². The summed E-state index contributed by atoms with van der Waals surface area (Å²) in [4.78, 5) is 29.6. The molecule has 0 bridgehead atoms. The van der Waals surface area contributed by atoms with Gasteiger partial charge in [0.05, 0.1) is 12.6 Å². The number of amides is 2. The molecule has 0 saturated carbocycles. The molecule has 0 atom stereocenters. The molecule has 2 N–H and O–H groups in total. The molecule has 3 aromatic carbocycles. The highest BCUT2D eigenvalue weighted by Crippen LogP contribution is 2.21. The molecule has 0 radical (unpaired) electrons. The monoisotopic (exact) mass is 414 g/mol. The molecule has 7 nitrogen and oxygen atoms in total. The second-order valence-corrected chi connectivity index (χ2v) is 6.95. The van der Waals surface area contributed by atoms with Gasteiger partial charge in [-0.15, -0.1) is 0 Å². The molecule has 2 amide bonds. The topological polar surface area (TPSA) is 85.2 Å². The minimum atomic E-state index is -0.430. The fourth-order valence-electron chi connectivity index (χ4n) is 3.34. The molecule has 0 aliphatic heterocycles. The van der Waals surface area contributed by atoms with E-state index in [0.29, 0.717) is 35.4 Å². The van der Waals surface area contributed by atoms with Gasteiger partial charge in [0.1, 0.15) is 11.6 Å². The van der Waals surface area contributed by atoms with Crippen LogP contribution >= 0.6 is 0 Å². The molecule has 31 heavy (non-hydrogen) atoms. The smallest absolute Gasteiger partial charge is 0.349 e. The van der Waals surface area contributed by atoms with Crippen molar-refractivity contribution in [2.45, 2.75) is 13.0 Å². The highest BCUT2D eigenvalue weighted by molar-refractivity contribution is 6.04. The van der Waals surface area contributed by atoms with Gasteiger partial charge in [0, 0.05) is 17.6 Å². The Balaban J connectivity index is 1.64. The van der Waals surface area contributed by atoms with Gasteiger partial charge in [-0.2, -0.15) is 4.98 Å². The van der Waals surface area contributed by atoms with Crippen LogP contribution in [0.25, 0.3) is 10.9 Å². The lowest BCUT2D eigenvalue weighted by Crippen LogP contribution is -2.30. The van der Waals surface area contributed by atoms with Crippen molar-refractivity contribution in [2.24, 2.45) is 0 Å². The van der Waals surface area contributed by atoms with Gasteiger partial charge < -0.3 is 10.1 Å². The minimum absolute atomic E-state index is 0.365. The third kappa shape index (κ3) is 4.72. The van der Waals surface area contributed by atoms with Crippen LogP contribution in [0, 0.1) is 0 Å². The van der Waals surface area contributed by atoms with E-state index in [1.165, 1.54) is 4.57 Å². The van der Waals surface area contributed by atoms with Gasteiger partial charge >= 0.3 is 11.7 Å². The summed E-state index contributed by atoms with van der Waals surface area (Å²) in [5, 5.41) is 6.33. The number of hydrogen-bond acceptors (Lipinski definition) is 4. The lowest BCUT2D eigenvalue weighted by Gasteiger charge is -2.16. The van der Waals surface area contributed by atoms with E-state index >= 15 is 0 Å². The Morgan fingerprint density at radius 1 is 0.935 bits per heavy atom. The maximum Gasteiger partial charge on any atom is 0.349 e.